The zero-order valence-corrected chi connectivity index (χ0v) is 57.1. The van der Waals surface area contributed by atoms with Crippen LogP contribution in [-0.4, -0.2) is 246 Å². The molecule has 2 rings (SSSR count). The van der Waals surface area contributed by atoms with Gasteiger partial charge in [0.05, 0.1) is 76.8 Å². The average molecular weight is 1300 g/mol. The molecule has 0 aliphatic carbocycles. The molecule has 1 heterocycles. The predicted octanol–water partition coefficient (Wildman–Crippen LogP) is 1.50. The molecule has 1 aromatic rings. The van der Waals surface area contributed by atoms with Gasteiger partial charge in [-0.1, -0.05) is 85.2 Å². The molecule has 0 radical (unpaired) electrons. The lowest BCUT2D eigenvalue weighted by molar-refractivity contribution is -0.149. The number of aliphatic hydroxyl groups is 1. The van der Waals surface area contributed by atoms with E-state index >= 15 is 0 Å². The first-order valence-corrected chi connectivity index (χ1v) is 32.4. The van der Waals surface area contributed by atoms with E-state index in [2.05, 4.69) is 31.9 Å². The lowest BCUT2D eigenvalue weighted by atomic mass is 9.89. The van der Waals surface area contributed by atoms with Gasteiger partial charge in [-0.2, -0.15) is 0 Å². The number of benzene rings is 1. The topological polar surface area (TPSA) is 339 Å². The Hall–Kier alpha value is -6.81. The first kappa shape index (κ1) is 81.3. The van der Waals surface area contributed by atoms with E-state index in [-0.39, 0.29) is 146 Å². The lowest BCUT2D eigenvalue weighted by Gasteiger charge is -2.41. The highest BCUT2D eigenvalue weighted by Gasteiger charge is 2.44. The number of likely N-dealkylation sites (tertiary alicyclic amines) is 1. The Kier molecular flexibility index (Phi) is 38.8. The van der Waals surface area contributed by atoms with E-state index < -0.39 is 95.8 Å². The zero-order chi connectivity index (χ0) is 69.0. The number of hydrogen-bond acceptors (Lipinski definition) is 17. The number of aliphatic hydroxyl groups excluding tert-OH is 1. The van der Waals surface area contributed by atoms with E-state index in [4.69, 9.17) is 23.7 Å². The molecule has 522 valence electrons. The van der Waals surface area contributed by atoms with Gasteiger partial charge in [0.25, 0.3) is 0 Å². The van der Waals surface area contributed by atoms with Crippen molar-refractivity contribution in [3.63, 3.8) is 0 Å². The highest BCUT2D eigenvalue weighted by Crippen LogP contribution is 2.30. The van der Waals surface area contributed by atoms with E-state index in [0.29, 0.717) is 38.8 Å². The van der Waals surface area contributed by atoms with Crippen LogP contribution in [0.25, 0.3) is 0 Å². The number of esters is 1. The van der Waals surface area contributed by atoms with Crippen molar-refractivity contribution in [1.82, 2.24) is 51.5 Å². The number of nitrogens with zero attached hydrogens (tertiary/aromatic N) is 4. The summed E-state index contributed by atoms with van der Waals surface area (Å²) in [5.41, 5.74) is 0.838. The van der Waals surface area contributed by atoms with Gasteiger partial charge >= 0.3 is 5.97 Å². The summed E-state index contributed by atoms with van der Waals surface area (Å²) in [4.78, 5) is 151. The van der Waals surface area contributed by atoms with Crippen LogP contribution in [0.15, 0.2) is 30.3 Å². The Morgan fingerprint density at radius 2 is 1.32 bits per heavy atom. The Morgan fingerprint density at radius 3 is 1.90 bits per heavy atom. The fourth-order valence-electron chi connectivity index (χ4n) is 11.2. The smallest absolute Gasteiger partial charge is 0.328 e. The molecule has 27 heteroatoms. The predicted molar refractivity (Wildman–Crippen MR) is 344 cm³/mol. The summed E-state index contributed by atoms with van der Waals surface area (Å²) in [6.45, 7) is 17.5. The number of methoxy groups -OCH3 is 3. The first-order chi connectivity index (χ1) is 43.7. The second kappa shape index (κ2) is 43.9. The van der Waals surface area contributed by atoms with E-state index in [0.717, 1.165) is 5.56 Å². The zero-order valence-electron chi connectivity index (χ0n) is 57.1. The monoisotopic (exact) mass is 1300 g/mol. The number of amides is 10. The first-order valence-electron chi connectivity index (χ1n) is 32.4. The van der Waals surface area contributed by atoms with Crippen molar-refractivity contribution in [2.75, 3.05) is 108 Å². The average Bonchev–Trinajstić information content (AvgIpc) is 1.43. The molecule has 1 aliphatic rings. The van der Waals surface area contributed by atoms with E-state index in [1.807, 2.05) is 58.0 Å². The Morgan fingerprint density at radius 1 is 0.674 bits per heavy atom. The lowest BCUT2D eigenvalue weighted by Crippen LogP contribution is -2.60. The molecule has 0 saturated carbocycles. The third kappa shape index (κ3) is 28.2. The third-order valence-corrected chi connectivity index (χ3v) is 16.6. The SMILES string of the molecule is CC[C@H](C)[C@@H]([C@@H](CC(=O)N1CCC[C@H]1[C@H](OC)[C@@H](C)C(=O)N[C@@H](Cc1ccccc1)C(=O)OC)OC)N(C)C(=O)[C@@H](NC(=O)[C@H](C(C)C)N(C)C(=O)CCCNC(=O)C(C)NC(=O)CCOCCOCCNC(=O)CCN(CCO)C(=O)CCCNC(C)=O)C(C)C. The van der Waals surface area contributed by atoms with Gasteiger partial charge in [-0.15, -0.1) is 0 Å². The van der Waals surface area contributed by atoms with Gasteiger partial charge in [0.1, 0.15) is 24.2 Å². The van der Waals surface area contributed by atoms with Crippen molar-refractivity contribution in [1.29, 1.82) is 0 Å². The van der Waals surface area contributed by atoms with Crippen LogP contribution in [0, 0.1) is 23.7 Å². The summed E-state index contributed by atoms with van der Waals surface area (Å²) in [6, 6.07) is 4.34. The molecule has 0 bridgehead atoms. The fourth-order valence-corrected chi connectivity index (χ4v) is 11.2. The molecule has 1 saturated heterocycles. The van der Waals surface area contributed by atoms with Gasteiger partial charge in [-0.25, -0.2) is 4.79 Å². The summed E-state index contributed by atoms with van der Waals surface area (Å²) in [5, 5.41) is 25.8. The number of rotatable bonds is 45. The molecule has 1 fully saturated rings. The van der Waals surface area contributed by atoms with Crippen LogP contribution in [0.2, 0.25) is 0 Å². The summed E-state index contributed by atoms with van der Waals surface area (Å²) in [7, 11) is 7.41. The van der Waals surface area contributed by atoms with Gasteiger partial charge < -0.3 is 80.3 Å². The maximum Gasteiger partial charge on any atom is 0.328 e. The second-order valence-electron chi connectivity index (χ2n) is 24.2. The van der Waals surface area contributed by atoms with E-state index in [9.17, 15) is 57.8 Å². The fraction of sp³-hybridized carbons (Fsp3) is 0.738. The molecule has 92 heavy (non-hydrogen) atoms. The van der Waals surface area contributed by atoms with Crippen molar-refractivity contribution in [3.05, 3.63) is 35.9 Å². The van der Waals surface area contributed by atoms with Crippen LogP contribution >= 0.6 is 0 Å². The highest BCUT2D eigenvalue weighted by molar-refractivity contribution is 5.93. The number of nitrogens with one attached hydrogen (secondary N) is 6. The van der Waals surface area contributed by atoms with Crippen LogP contribution in [0.5, 0.6) is 0 Å². The maximum absolute atomic E-state index is 14.7. The van der Waals surface area contributed by atoms with Crippen LogP contribution in [0.1, 0.15) is 132 Å². The number of carbonyl (C=O) groups excluding carboxylic acids is 11. The van der Waals surface area contributed by atoms with Gasteiger partial charge in [-0.3, -0.25) is 47.9 Å². The summed E-state index contributed by atoms with van der Waals surface area (Å²) in [6.07, 6.45) is 1.31. The number of carbonyl (C=O) groups is 11. The summed E-state index contributed by atoms with van der Waals surface area (Å²) in [5.74, 6) is -5.85. The third-order valence-electron chi connectivity index (χ3n) is 16.6. The normalized spacial score (nSPS) is 15.9. The van der Waals surface area contributed by atoms with Gasteiger partial charge in [0, 0.05) is 107 Å². The Bertz CT molecular complexity index is 2470. The molecule has 1 unspecified atom stereocenters. The second-order valence-corrected chi connectivity index (χ2v) is 24.2. The van der Waals surface area contributed by atoms with Crippen molar-refractivity contribution in [3.8, 4) is 0 Å². The summed E-state index contributed by atoms with van der Waals surface area (Å²) < 4.78 is 28.0. The number of hydrogen-bond donors (Lipinski definition) is 7. The van der Waals surface area contributed by atoms with Crippen molar-refractivity contribution in [2.45, 2.75) is 181 Å². The van der Waals surface area contributed by atoms with Crippen LogP contribution in [-0.2, 0) is 82.8 Å². The molecule has 27 nitrogen and oxygen atoms in total. The van der Waals surface area contributed by atoms with Gasteiger partial charge in [-0.05, 0) is 55.9 Å². The maximum atomic E-state index is 14.7. The summed E-state index contributed by atoms with van der Waals surface area (Å²) >= 11 is 0. The molecule has 1 aromatic carbocycles. The van der Waals surface area contributed by atoms with Gasteiger partial charge in [0.15, 0.2) is 0 Å². The molecular formula is C65H110N10O17. The van der Waals surface area contributed by atoms with E-state index in [1.165, 1.54) is 52.0 Å². The van der Waals surface area contributed by atoms with Crippen molar-refractivity contribution in [2.24, 2.45) is 23.7 Å². The van der Waals surface area contributed by atoms with Crippen molar-refractivity contribution < 1.29 is 81.5 Å². The number of likely N-dealkylation sites (N-methyl/N-ethyl adjacent to an activating group) is 2. The minimum atomic E-state index is -1.03. The van der Waals surface area contributed by atoms with Gasteiger partial charge in [0.2, 0.25) is 59.1 Å². The number of ether oxygens (including phenoxy) is 5. The standard InChI is InChI=1S/C65H110N10O17/c1-15-44(6)59(51(88-12)41-56(82)75-32-21-24-50(75)60(89-13)45(7)61(83)70-49(65(87)90-14)40-48-22-17-16-18-23-48)73(11)64(86)57(42(2)3)71-63(85)58(43(4)5)72(10)54(80)25-19-30-68-62(84)46(8)69-53(79)28-36-91-38-39-92-37-31-67-52(78)27-33-74(34-35-76)55(81)26-20-29-66-47(9)77/h16-18,22-23,42-46,49-51,57-60,76H,15,19-21,24-41H2,1-14H3,(H,66,77)(H,67,78)(H,68,84)(H,69,79)(H,70,83)(H,71,85)/t44-,45+,46?,49-,50-,51+,57-,58-,59-,60+/m0/s1. The minimum Gasteiger partial charge on any atom is -0.467 e. The Labute approximate surface area is 544 Å². The molecule has 7 N–H and O–H groups in total. The molecular weight excluding hydrogens is 1190 g/mol. The molecule has 0 spiro atoms. The van der Waals surface area contributed by atoms with Crippen molar-refractivity contribution >= 4 is 65.0 Å². The molecule has 1 aliphatic heterocycles. The van der Waals surface area contributed by atoms with Crippen LogP contribution in [0.4, 0.5) is 0 Å². The highest BCUT2D eigenvalue weighted by atomic mass is 16.5. The molecule has 0 aromatic heterocycles. The molecule has 10 atom stereocenters. The van der Waals surface area contributed by atoms with Crippen LogP contribution < -0.4 is 31.9 Å². The minimum absolute atomic E-state index is 0.0171. The molecule has 10 amide bonds. The quantitative estimate of drug-likeness (QED) is 0.0359. The van der Waals surface area contributed by atoms with Crippen LogP contribution in [0.3, 0.4) is 0 Å². The van der Waals surface area contributed by atoms with E-state index in [1.54, 1.807) is 37.6 Å². The Balaban J connectivity index is 1.91. The largest absolute Gasteiger partial charge is 0.467 e.